The van der Waals surface area contributed by atoms with Crippen LogP contribution in [0.3, 0.4) is 0 Å². The standard InChI is InChI=1S/C23H22ClF3N4O2/c1-33-23(32)18-19(11-2-5-14(28)6-3-11)30-22(21-17(27)9-13(26)10-29-21)31-20(18)15-7-4-12(25)8-16(15)24/h4,7-11,14,20H,2-3,5-6,28H2,1H3,(H,30,31). The minimum Gasteiger partial charge on any atom is -0.466 e. The third-order valence-corrected chi connectivity index (χ3v) is 6.28. The van der Waals surface area contributed by atoms with Crippen molar-refractivity contribution in [1.82, 2.24) is 10.3 Å². The lowest BCUT2D eigenvalue weighted by Crippen LogP contribution is -2.39. The van der Waals surface area contributed by atoms with E-state index in [1.807, 2.05) is 0 Å². The van der Waals surface area contributed by atoms with E-state index in [2.05, 4.69) is 15.3 Å². The van der Waals surface area contributed by atoms with Crippen molar-refractivity contribution in [3.8, 4) is 0 Å². The summed E-state index contributed by atoms with van der Waals surface area (Å²) in [4.78, 5) is 21.3. The van der Waals surface area contributed by atoms with Gasteiger partial charge in [0.1, 0.15) is 23.4 Å². The van der Waals surface area contributed by atoms with Gasteiger partial charge in [0.25, 0.3) is 0 Å². The smallest absolute Gasteiger partial charge is 0.338 e. The molecule has 1 aromatic carbocycles. The van der Waals surface area contributed by atoms with E-state index in [9.17, 15) is 18.0 Å². The first-order valence-corrected chi connectivity index (χ1v) is 10.9. The monoisotopic (exact) mass is 478 g/mol. The molecule has 2 heterocycles. The summed E-state index contributed by atoms with van der Waals surface area (Å²) in [6.07, 6.45) is 3.71. The summed E-state index contributed by atoms with van der Waals surface area (Å²) in [7, 11) is 1.24. The minimum atomic E-state index is -1.02. The molecule has 2 aromatic rings. The predicted octanol–water partition coefficient (Wildman–Crippen LogP) is 4.19. The Labute approximate surface area is 193 Å². The molecule has 0 amide bonds. The van der Waals surface area contributed by atoms with Gasteiger partial charge < -0.3 is 15.8 Å². The van der Waals surface area contributed by atoms with E-state index in [1.54, 1.807) is 0 Å². The third kappa shape index (κ3) is 4.74. The van der Waals surface area contributed by atoms with Crippen molar-refractivity contribution in [2.75, 3.05) is 7.11 Å². The quantitative estimate of drug-likeness (QED) is 0.643. The van der Waals surface area contributed by atoms with Gasteiger partial charge in [-0.05, 0) is 43.7 Å². The Balaban J connectivity index is 1.90. The predicted molar refractivity (Wildman–Crippen MR) is 117 cm³/mol. The number of allylic oxidation sites excluding steroid dienone is 1. The summed E-state index contributed by atoms with van der Waals surface area (Å²) in [6, 6.07) is 3.46. The topological polar surface area (TPSA) is 89.6 Å². The number of aliphatic imine (C=N–C) groups is 1. The summed E-state index contributed by atoms with van der Waals surface area (Å²) in [5.74, 6) is -3.06. The molecule has 0 saturated heterocycles. The van der Waals surface area contributed by atoms with Gasteiger partial charge in [-0.2, -0.15) is 0 Å². The van der Waals surface area contributed by atoms with E-state index in [0.29, 0.717) is 30.2 Å². The molecule has 1 unspecified atom stereocenters. The summed E-state index contributed by atoms with van der Waals surface area (Å²) in [6.45, 7) is 0. The zero-order valence-corrected chi connectivity index (χ0v) is 18.5. The van der Waals surface area contributed by atoms with Crippen LogP contribution in [0.2, 0.25) is 5.02 Å². The van der Waals surface area contributed by atoms with Gasteiger partial charge in [-0.1, -0.05) is 17.7 Å². The second-order valence-electron chi connectivity index (χ2n) is 8.09. The summed E-state index contributed by atoms with van der Waals surface area (Å²) < 4.78 is 46.9. The molecule has 0 spiro atoms. The molecule has 4 rings (SSSR count). The molecule has 1 aromatic heterocycles. The first kappa shape index (κ1) is 23.3. The fraction of sp³-hybridized carbons (Fsp3) is 0.348. The Bertz CT molecular complexity index is 1150. The highest BCUT2D eigenvalue weighted by atomic mass is 35.5. The molecule has 0 radical (unpaired) electrons. The number of amidine groups is 1. The average Bonchev–Trinajstić information content (AvgIpc) is 2.78. The van der Waals surface area contributed by atoms with E-state index in [-0.39, 0.29) is 34.1 Å². The number of halogens is 4. The van der Waals surface area contributed by atoms with Crippen LogP contribution >= 0.6 is 11.6 Å². The normalized spacial score (nSPS) is 23.1. The molecule has 1 aliphatic heterocycles. The molecular formula is C23H22ClF3N4O2. The number of nitrogens with zero attached hydrogens (tertiary/aromatic N) is 2. The molecule has 1 aliphatic carbocycles. The number of carbonyl (C=O) groups is 1. The van der Waals surface area contributed by atoms with Crippen molar-refractivity contribution in [2.24, 2.45) is 16.6 Å². The number of hydrogen-bond donors (Lipinski definition) is 2. The summed E-state index contributed by atoms with van der Waals surface area (Å²) in [5.41, 5.74) is 6.86. The zero-order chi connectivity index (χ0) is 23.7. The molecule has 6 nitrogen and oxygen atoms in total. The molecule has 10 heteroatoms. The Morgan fingerprint density at radius 2 is 1.88 bits per heavy atom. The van der Waals surface area contributed by atoms with E-state index in [4.69, 9.17) is 22.1 Å². The van der Waals surface area contributed by atoms with Crippen LogP contribution in [0.25, 0.3) is 0 Å². The Morgan fingerprint density at radius 1 is 1.15 bits per heavy atom. The number of aromatic nitrogens is 1. The van der Waals surface area contributed by atoms with Crippen LogP contribution in [-0.2, 0) is 9.53 Å². The van der Waals surface area contributed by atoms with Gasteiger partial charge in [-0.3, -0.25) is 4.99 Å². The van der Waals surface area contributed by atoms with Crippen molar-refractivity contribution in [2.45, 2.75) is 37.8 Å². The number of rotatable bonds is 4. The molecule has 1 fully saturated rings. The Morgan fingerprint density at radius 3 is 2.52 bits per heavy atom. The second-order valence-corrected chi connectivity index (χ2v) is 8.49. The van der Waals surface area contributed by atoms with Crippen LogP contribution in [0.5, 0.6) is 0 Å². The van der Waals surface area contributed by atoms with Gasteiger partial charge in [0.05, 0.1) is 18.9 Å². The van der Waals surface area contributed by atoms with Crippen molar-refractivity contribution in [3.05, 3.63) is 75.5 Å². The lowest BCUT2D eigenvalue weighted by atomic mass is 9.80. The molecule has 33 heavy (non-hydrogen) atoms. The van der Waals surface area contributed by atoms with E-state index in [1.165, 1.54) is 19.2 Å². The second kappa shape index (κ2) is 9.52. The van der Waals surface area contributed by atoms with E-state index < -0.39 is 29.5 Å². The van der Waals surface area contributed by atoms with Gasteiger partial charge in [0.2, 0.25) is 0 Å². The summed E-state index contributed by atoms with van der Waals surface area (Å²) in [5, 5.41) is 3.10. The van der Waals surface area contributed by atoms with Crippen LogP contribution in [0.1, 0.15) is 43.0 Å². The lowest BCUT2D eigenvalue weighted by Gasteiger charge is -2.34. The fourth-order valence-electron chi connectivity index (χ4n) is 4.29. The maximum Gasteiger partial charge on any atom is 0.338 e. The first-order chi connectivity index (χ1) is 15.8. The van der Waals surface area contributed by atoms with Gasteiger partial charge in [-0.15, -0.1) is 0 Å². The van der Waals surface area contributed by atoms with Gasteiger partial charge in [0.15, 0.2) is 11.7 Å². The first-order valence-electron chi connectivity index (χ1n) is 10.5. The van der Waals surface area contributed by atoms with Crippen LogP contribution in [-0.4, -0.2) is 29.9 Å². The Hall–Kier alpha value is -2.91. The number of esters is 1. The van der Waals surface area contributed by atoms with Crippen LogP contribution < -0.4 is 11.1 Å². The van der Waals surface area contributed by atoms with E-state index in [0.717, 1.165) is 25.1 Å². The van der Waals surface area contributed by atoms with Gasteiger partial charge in [-0.25, -0.2) is 22.9 Å². The minimum absolute atomic E-state index is 0.00965. The number of methoxy groups -OCH3 is 1. The van der Waals surface area contributed by atoms with Crippen molar-refractivity contribution in [1.29, 1.82) is 0 Å². The molecule has 174 valence electrons. The van der Waals surface area contributed by atoms with Crippen LogP contribution in [0.15, 0.2) is 46.7 Å². The van der Waals surface area contributed by atoms with Crippen LogP contribution in [0, 0.1) is 23.4 Å². The number of carbonyl (C=O) groups excluding carboxylic acids is 1. The highest BCUT2D eigenvalue weighted by molar-refractivity contribution is 6.31. The van der Waals surface area contributed by atoms with Crippen molar-refractivity contribution in [3.63, 3.8) is 0 Å². The van der Waals surface area contributed by atoms with E-state index >= 15 is 0 Å². The fourth-order valence-corrected chi connectivity index (χ4v) is 4.56. The zero-order valence-electron chi connectivity index (χ0n) is 17.7. The van der Waals surface area contributed by atoms with Crippen molar-refractivity contribution >= 4 is 23.4 Å². The number of nitrogens with two attached hydrogens (primary N) is 1. The molecule has 1 saturated carbocycles. The van der Waals surface area contributed by atoms with Gasteiger partial charge in [0, 0.05) is 28.4 Å². The number of nitrogens with one attached hydrogen (secondary N) is 1. The number of pyridine rings is 1. The van der Waals surface area contributed by atoms with Gasteiger partial charge >= 0.3 is 5.97 Å². The van der Waals surface area contributed by atoms with Crippen molar-refractivity contribution < 1.29 is 22.7 Å². The highest BCUT2D eigenvalue weighted by Crippen LogP contribution is 2.40. The SMILES string of the molecule is COC(=O)C1=C(C2CCC(N)CC2)NC(c2ncc(F)cc2F)=NC1c1ccc(F)cc1Cl. The Kier molecular flexibility index (Phi) is 6.71. The van der Waals surface area contributed by atoms with Crippen LogP contribution in [0.4, 0.5) is 13.2 Å². The number of hydrogen-bond acceptors (Lipinski definition) is 6. The lowest BCUT2D eigenvalue weighted by molar-refractivity contribution is -0.136. The maximum atomic E-state index is 14.6. The number of benzene rings is 1. The largest absolute Gasteiger partial charge is 0.466 e. The molecule has 0 bridgehead atoms. The average molecular weight is 479 g/mol. The maximum absolute atomic E-state index is 14.6. The summed E-state index contributed by atoms with van der Waals surface area (Å²) >= 11 is 6.31. The molecule has 2 aliphatic rings. The highest BCUT2D eigenvalue weighted by Gasteiger charge is 2.37. The molecule has 1 atom stereocenters. The molecular weight excluding hydrogens is 457 g/mol. The third-order valence-electron chi connectivity index (χ3n) is 5.95. The molecule has 3 N–H and O–H groups in total. The number of ether oxygens (including phenoxy) is 1.